The van der Waals surface area contributed by atoms with Gasteiger partial charge in [-0.1, -0.05) is 0 Å². The largest absolute Gasteiger partial charge is 0.368 e. The lowest BCUT2D eigenvalue weighted by molar-refractivity contribution is -0.134. The summed E-state index contributed by atoms with van der Waals surface area (Å²) >= 11 is 0. The van der Waals surface area contributed by atoms with Gasteiger partial charge in [0.15, 0.2) is 6.04 Å². The van der Waals surface area contributed by atoms with E-state index in [1.807, 2.05) is 11.0 Å². The Labute approximate surface area is 183 Å². The molecule has 2 heterocycles. The zero-order valence-corrected chi connectivity index (χ0v) is 17.9. The first kappa shape index (κ1) is 20.3. The molecule has 6 rings (SSSR count). The minimum atomic E-state index is -0.704. The Balaban J connectivity index is 1.38. The fourth-order valence-electron chi connectivity index (χ4n) is 6.97. The summed E-state index contributed by atoms with van der Waals surface area (Å²) in [6.45, 7) is 2.26. The predicted molar refractivity (Wildman–Crippen MR) is 116 cm³/mol. The lowest BCUT2D eigenvalue weighted by Gasteiger charge is -2.61. The van der Waals surface area contributed by atoms with Crippen LogP contribution in [0, 0.1) is 46.3 Å². The molecule has 4 saturated carbocycles. The minimum absolute atomic E-state index is 0.133. The van der Waals surface area contributed by atoms with Crippen molar-refractivity contribution < 1.29 is 4.79 Å². The number of carbonyl (C=O) groups is 1. The maximum atomic E-state index is 13.4. The van der Waals surface area contributed by atoms with E-state index in [0.717, 1.165) is 69.3 Å². The molecule has 7 nitrogen and oxygen atoms in total. The number of rotatable bonds is 6. The standard InChI is InChI=1S/C24H30N6O/c25-12-16-3-4-22(27-14-16)28-15-24(19-8-17-7-18(10-19)11-20(24)9-17)29-23(31)21(13-26)30-5-1-2-6-30/h3-4,14,17-21H,1-2,5-11,15H2,(H,27,28)(H,29,31)/t17?,18?,19?,20?,21-,24?/m0/s1. The van der Waals surface area contributed by atoms with Crippen molar-refractivity contribution >= 4 is 11.7 Å². The van der Waals surface area contributed by atoms with Gasteiger partial charge in [0.25, 0.3) is 5.91 Å². The lowest BCUT2D eigenvalue weighted by Crippen LogP contribution is -2.70. The average molecular weight is 419 g/mol. The SMILES string of the molecule is N#Cc1ccc(NCC2(NC(=O)[C@H](C#N)N3CCCC3)C3CC4CC(C3)CC2C4)nc1. The lowest BCUT2D eigenvalue weighted by atomic mass is 9.48. The van der Waals surface area contributed by atoms with E-state index in [1.54, 1.807) is 12.3 Å². The fourth-order valence-corrected chi connectivity index (χ4v) is 6.97. The highest BCUT2D eigenvalue weighted by Gasteiger charge is 2.58. The van der Waals surface area contributed by atoms with Crippen molar-refractivity contribution in [1.29, 1.82) is 10.5 Å². The van der Waals surface area contributed by atoms with E-state index < -0.39 is 6.04 Å². The number of pyridine rings is 1. The number of carbonyl (C=O) groups excluding carboxylic acids is 1. The van der Waals surface area contributed by atoms with E-state index >= 15 is 0 Å². The fraction of sp³-hybridized carbons (Fsp3) is 0.667. The third-order valence-electron chi connectivity index (χ3n) is 8.28. The van der Waals surface area contributed by atoms with Crippen LogP contribution in [-0.4, -0.2) is 47.0 Å². The zero-order valence-electron chi connectivity index (χ0n) is 17.9. The maximum Gasteiger partial charge on any atom is 0.252 e. The van der Waals surface area contributed by atoms with Gasteiger partial charge in [-0.15, -0.1) is 0 Å². The Morgan fingerprint density at radius 2 is 1.81 bits per heavy atom. The van der Waals surface area contributed by atoms with Gasteiger partial charge in [-0.2, -0.15) is 10.5 Å². The highest BCUT2D eigenvalue weighted by molar-refractivity contribution is 5.85. The summed E-state index contributed by atoms with van der Waals surface area (Å²) in [7, 11) is 0. The molecule has 4 aliphatic carbocycles. The smallest absolute Gasteiger partial charge is 0.252 e. The number of aromatic nitrogens is 1. The van der Waals surface area contributed by atoms with Gasteiger partial charge in [0, 0.05) is 12.7 Å². The normalized spacial score (nSPS) is 34.6. The number of amides is 1. The van der Waals surface area contributed by atoms with E-state index in [0.29, 0.717) is 23.9 Å². The van der Waals surface area contributed by atoms with Gasteiger partial charge in [-0.3, -0.25) is 9.69 Å². The molecule has 5 aliphatic rings. The molecule has 1 atom stereocenters. The number of anilines is 1. The molecule has 0 aromatic carbocycles. The molecule has 4 bridgehead atoms. The van der Waals surface area contributed by atoms with Gasteiger partial charge in [0.2, 0.25) is 0 Å². The van der Waals surface area contributed by atoms with Crippen molar-refractivity contribution in [2.45, 2.75) is 56.5 Å². The average Bonchev–Trinajstić information content (AvgIpc) is 3.30. The summed E-state index contributed by atoms with van der Waals surface area (Å²) in [5.74, 6) is 3.04. The van der Waals surface area contributed by atoms with E-state index in [9.17, 15) is 10.1 Å². The van der Waals surface area contributed by atoms with Crippen LogP contribution in [0.3, 0.4) is 0 Å². The number of hydrogen-bond acceptors (Lipinski definition) is 6. The Morgan fingerprint density at radius 1 is 1.13 bits per heavy atom. The van der Waals surface area contributed by atoms with E-state index in [2.05, 4.69) is 27.8 Å². The van der Waals surface area contributed by atoms with Crippen molar-refractivity contribution in [2.24, 2.45) is 23.7 Å². The first-order chi connectivity index (χ1) is 15.1. The van der Waals surface area contributed by atoms with Crippen LogP contribution in [-0.2, 0) is 4.79 Å². The predicted octanol–water partition coefficient (Wildman–Crippen LogP) is 2.66. The zero-order chi connectivity index (χ0) is 21.4. The van der Waals surface area contributed by atoms with Gasteiger partial charge in [0.05, 0.1) is 17.2 Å². The van der Waals surface area contributed by atoms with Crippen molar-refractivity contribution in [3.8, 4) is 12.1 Å². The summed E-state index contributed by atoms with van der Waals surface area (Å²) in [6.07, 6.45) is 9.68. The van der Waals surface area contributed by atoms with Crippen LogP contribution in [0.4, 0.5) is 5.82 Å². The molecule has 1 aromatic heterocycles. The molecule has 0 radical (unpaired) electrons. The highest BCUT2D eigenvalue weighted by Crippen LogP contribution is 2.58. The molecule has 1 aromatic rings. The quantitative estimate of drug-likeness (QED) is 0.736. The summed E-state index contributed by atoms with van der Waals surface area (Å²) in [5.41, 5.74) is 0.195. The Kier molecular flexibility index (Phi) is 5.32. The molecule has 0 unspecified atom stereocenters. The van der Waals surface area contributed by atoms with Gasteiger partial charge < -0.3 is 10.6 Å². The number of nitriles is 2. The second kappa shape index (κ2) is 8.13. The molecule has 1 saturated heterocycles. The van der Waals surface area contributed by atoms with Crippen LogP contribution in [0.15, 0.2) is 18.3 Å². The van der Waals surface area contributed by atoms with Crippen molar-refractivity contribution in [2.75, 3.05) is 25.0 Å². The van der Waals surface area contributed by atoms with Gasteiger partial charge >= 0.3 is 0 Å². The molecular weight excluding hydrogens is 388 g/mol. The van der Waals surface area contributed by atoms with Gasteiger partial charge in [0.1, 0.15) is 11.9 Å². The summed E-state index contributed by atoms with van der Waals surface area (Å²) < 4.78 is 0. The van der Waals surface area contributed by atoms with Crippen molar-refractivity contribution in [1.82, 2.24) is 15.2 Å². The molecule has 5 fully saturated rings. The number of likely N-dealkylation sites (tertiary alicyclic amines) is 1. The highest BCUT2D eigenvalue weighted by atomic mass is 16.2. The Hall–Kier alpha value is -2.64. The molecule has 1 aliphatic heterocycles. The van der Waals surface area contributed by atoms with Crippen molar-refractivity contribution in [3.63, 3.8) is 0 Å². The van der Waals surface area contributed by atoms with Crippen LogP contribution < -0.4 is 10.6 Å². The van der Waals surface area contributed by atoms with E-state index in [1.165, 1.54) is 6.42 Å². The third-order valence-corrected chi connectivity index (χ3v) is 8.28. The van der Waals surface area contributed by atoms with Gasteiger partial charge in [-0.05, 0) is 93.8 Å². The molecule has 162 valence electrons. The maximum absolute atomic E-state index is 13.4. The first-order valence-electron chi connectivity index (χ1n) is 11.7. The van der Waals surface area contributed by atoms with E-state index in [4.69, 9.17) is 5.26 Å². The van der Waals surface area contributed by atoms with Crippen LogP contribution in [0.2, 0.25) is 0 Å². The van der Waals surface area contributed by atoms with Crippen LogP contribution >= 0.6 is 0 Å². The van der Waals surface area contributed by atoms with Crippen LogP contribution in [0.25, 0.3) is 0 Å². The number of nitrogens with zero attached hydrogens (tertiary/aromatic N) is 4. The molecule has 7 heteroatoms. The van der Waals surface area contributed by atoms with Gasteiger partial charge in [-0.25, -0.2) is 4.98 Å². The molecule has 31 heavy (non-hydrogen) atoms. The topological polar surface area (TPSA) is 105 Å². The van der Waals surface area contributed by atoms with E-state index in [-0.39, 0.29) is 11.4 Å². The van der Waals surface area contributed by atoms with Crippen molar-refractivity contribution in [3.05, 3.63) is 23.9 Å². The number of hydrogen-bond donors (Lipinski definition) is 2. The first-order valence-corrected chi connectivity index (χ1v) is 11.7. The molecule has 0 spiro atoms. The number of nitrogens with one attached hydrogen (secondary N) is 2. The summed E-state index contributed by atoms with van der Waals surface area (Å²) in [4.78, 5) is 19.8. The summed E-state index contributed by atoms with van der Waals surface area (Å²) in [6, 6.07) is 7.25. The second-order valence-corrected chi connectivity index (χ2v) is 10.0. The van der Waals surface area contributed by atoms with Crippen LogP contribution in [0.1, 0.15) is 50.5 Å². The summed E-state index contributed by atoms with van der Waals surface area (Å²) in [5, 5.41) is 25.7. The van der Waals surface area contributed by atoms with Crippen LogP contribution in [0.5, 0.6) is 0 Å². The molecular formula is C24H30N6O. The second-order valence-electron chi connectivity index (χ2n) is 10.0. The Bertz CT molecular complexity index is 879. The molecule has 1 amide bonds. The Morgan fingerprint density at radius 3 is 2.35 bits per heavy atom. The molecule has 2 N–H and O–H groups in total. The monoisotopic (exact) mass is 418 g/mol. The third kappa shape index (κ3) is 3.66. The minimum Gasteiger partial charge on any atom is -0.368 e.